The molecule has 374 valence electrons. The highest BCUT2D eigenvalue weighted by atomic mass is 127. The van der Waals surface area contributed by atoms with Crippen molar-refractivity contribution in [2.75, 3.05) is 36.7 Å². The summed E-state index contributed by atoms with van der Waals surface area (Å²) in [5.74, 6) is 0. The smallest absolute Gasteiger partial charge is 0.326 e. The summed E-state index contributed by atoms with van der Waals surface area (Å²) in [6.07, 6.45) is 0. The van der Waals surface area contributed by atoms with Crippen molar-refractivity contribution in [1.29, 1.82) is 0 Å². The van der Waals surface area contributed by atoms with E-state index < -0.39 is 6.03 Å². The number of carbonyl (C=O) groups excluding carboxylic acids is 1. The molecule has 0 radical (unpaired) electrons. The van der Waals surface area contributed by atoms with Gasteiger partial charge in [-0.3, -0.25) is 9.47 Å². The molecule has 0 saturated carbocycles. The highest BCUT2D eigenvalue weighted by Crippen LogP contribution is 2.31. The Morgan fingerprint density at radius 1 is 0.571 bits per heavy atom. The molecular formula is C38H28Cl14I2N14O2. The first-order valence-electron chi connectivity index (χ1n) is 18.2. The van der Waals surface area contributed by atoms with Crippen molar-refractivity contribution in [3.05, 3.63) is 138 Å². The van der Waals surface area contributed by atoms with E-state index in [0.717, 1.165) is 20.5 Å². The number of aromatic amines is 1. The second kappa shape index (κ2) is 29.2. The van der Waals surface area contributed by atoms with Gasteiger partial charge in [0, 0.05) is 64.1 Å². The second-order valence-electron chi connectivity index (χ2n) is 12.7. The summed E-state index contributed by atoms with van der Waals surface area (Å²) in [4.78, 5) is 52.7. The fourth-order valence-electron chi connectivity index (χ4n) is 4.76. The molecule has 0 bridgehead atoms. The third kappa shape index (κ3) is 18.8. The van der Waals surface area contributed by atoms with Gasteiger partial charge < -0.3 is 25.9 Å². The first-order valence-corrected chi connectivity index (χ1v) is 25.6. The van der Waals surface area contributed by atoms with E-state index in [9.17, 15) is 9.59 Å². The van der Waals surface area contributed by atoms with Crippen molar-refractivity contribution < 1.29 is 4.79 Å². The van der Waals surface area contributed by atoms with Crippen molar-refractivity contribution in [2.24, 2.45) is 19.8 Å². The molecule has 32 heteroatoms. The highest BCUT2D eigenvalue weighted by Gasteiger charge is 2.15. The number of urea groups is 1. The standard InChI is InChI=1S/C7H4Cl3N3.C7H6Cl2IN3O.C7H5Cl2N3O.C6H5Cl2IN2.C6H6Cl2N2.C5H2Cl3N/c1-13-3-2-4(8)11-6(9)5(3)12-7(13)10;1-13(7(11)14)3-2-4(8)12-6(9)5(3)10;1-12-3-2-4(8)10-6(9)5(3)11-7(12)13;1-10-3-2-4(7)11-6(8)5(3)9;1-9-4-2-5(7)10-6(8)3-4;6-3-1-4(7)9-5(8)2-3/h2H,1H3;2H,1H3,(H2,11,14);2H,1H3,(H,11,13);2H,1H3,(H,10,11);2-3H,1H3,(H,9,10);1-2H. The van der Waals surface area contributed by atoms with Crippen LogP contribution >= 0.6 is 208 Å². The Morgan fingerprint density at radius 2 is 1.01 bits per heavy atom. The number of fused-ring (bicyclic) bond motifs is 2. The Balaban J connectivity index is 0.000000224. The van der Waals surface area contributed by atoms with Crippen LogP contribution < -0.4 is 27.0 Å². The lowest BCUT2D eigenvalue weighted by molar-refractivity contribution is 0.255. The Labute approximate surface area is 495 Å². The molecule has 8 aromatic rings. The molecule has 0 saturated heterocycles. The number of amides is 2. The number of primary amides is 1. The second-order valence-corrected chi connectivity index (χ2v) is 20.1. The SMILES string of the molecule is CN(C(N)=O)c1cc(Cl)nc(Cl)c1I.CNc1cc(Cl)nc(Cl)c1.CNc1cc(Cl)nc(Cl)c1I.Clc1cc(Cl)nc(Cl)c1.Cn1c(=O)[nH]c2c(Cl)nc(Cl)cc21.Cn1c(Cl)nc2c(Cl)nc(Cl)cc21. The molecule has 2 amide bonds. The predicted octanol–water partition coefficient (Wildman–Crippen LogP) is 15.5. The molecule has 8 aromatic heterocycles. The number of anilines is 3. The monoisotopic (exact) mass is 1460 g/mol. The zero-order chi connectivity index (χ0) is 52.9. The van der Waals surface area contributed by atoms with Crippen LogP contribution in [0.3, 0.4) is 0 Å². The fraction of sp³-hybridized carbons (Fsp3) is 0.132. The van der Waals surface area contributed by atoms with Crippen LogP contribution in [0, 0.1) is 7.14 Å². The average molecular weight is 1460 g/mol. The minimum atomic E-state index is -0.582. The van der Waals surface area contributed by atoms with Gasteiger partial charge in [-0.1, -0.05) is 151 Å². The van der Waals surface area contributed by atoms with Crippen LogP contribution in [-0.4, -0.2) is 76.2 Å². The molecule has 0 aliphatic rings. The zero-order valence-corrected chi connectivity index (χ0v) is 50.4. The van der Waals surface area contributed by atoms with Crippen LogP contribution in [0.1, 0.15) is 0 Å². The summed E-state index contributed by atoms with van der Waals surface area (Å²) < 4.78 is 4.64. The Bertz CT molecular complexity index is 3130. The first-order chi connectivity index (χ1) is 32.7. The van der Waals surface area contributed by atoms with E-state index in [1.54, 1.807) is 56.0 Å². The van der Waals surface area contributed by atoms with Gasteiger partial charge in [0.1, 0.15) is 62.6 Å². The predicted molar refractivity (Wildman–Crippen MR) is 309 cm³/mol. The van der Waals surface area contributed by atoms with E-state index in [1.807, 2.05) is 29.6 Å². The minimum absolute atomic E-state index is 0.209. The van der Waals surface area contributed by atoms with E-state index in [1.165, 1.54) is 34.7 Å². The lowest BCUT2D eigenvalue weighted by Crippen LogP contribution is -2.32. The Morgan fingerprint density at radius 3 is 1.51 bits per heavy atom. The maximum atomic E-state index is 11.2. The van der Waals surface area contributed by atoms with Crippen LogP contribution in [0.25, 0.3) is 22.1 Å². The summed E-state index contributed by atoms with van der Waals surface area (Å²) in [5, 5.41) is 10.5. The van der Waals surface area contributed by atoms with Crippen molar-refractivity contribution in [3.8, 4) is 0 Å². The third-order valence-corrected chi connectivity index (χ3v) is 14.0. The number of imidazole rings is 2. The van der Waals surface area contributed by atoms with Crippen molar-refractivity contribution in [3.63, 3.8) is 0 Å². The quantitative estimate of drug-likeness (QED) is 0.0968. The molecule has 8 rings (SSSR count). The number of hydrogen-bond donors (Lipinski definition) is 4. The molecule has 0 unspecified atom stereocenters. The lowest BCUT2D eigenvalue weighted by atomic mass is 10.4. The Hall–Kier alpha value is -1.97. The van der Waals surface area contributed by atoms with E-state index >= 15 is 0 Å². The van der Waals surface area contributed by atoms with Crippen molar-refractivity contribution in [1.82, 2.24) is 49.0 Å². The molecule has 8 heterocycles. The number of nitrogens with two attached hydrogens (primary N) is 1. The summed E-state index contributed by atoms with van der Waals surface area (Å²) in [5.41, 5.74) is 9.69. The number of carbonyl (C=O) groups is 1. The van der Waals surface area contributed by atoms with E-state index in [0.29, 0.717) is 72.2 Å². The van der Waals surface area contributed by atoms with Gasteiger partial charge in [-0.25, -0.2) is 44.5 Å². The van der Waals surface area contributed by atoms with Crippen LogP contribution in [-0.2, 0) is 14.1 Å². The number of aryl methyl sites for hydroxylation is 2. The topological polar surface area (TPSA) is 203 Å². The molecule has 0 fully saturated rings. The van der Waals surface area contributed by atoms with Gasteiger partial charge in [0.25, 0.3) is 0 Å². The number of nitrogens with zero attached hydrogens (tertiary/aromatic N) is 10. The highest BCUT2D eigenvalue weighted by molar-refractivity contribution is 14.1. The summed E-state index contributed by atoms with van der Waals surface area (Å²) >= 11 is 83.4. The Kier molecular flexibility index (Phi) is 26.0. The summed E-state index contributed by atoms with van der Waals surface area (Å²) in [7, 11) is 8.55. The van der Waals surface area contributed by atoms with Crippen LogP contribution in [0.4, 0.5) is 21.9 Å². The largest absolute Gasteiger partial charge is 0.388 e. The van der Waals surface area contributed by atoms with Crippen molar-refractivity contribution in [2.45, 2.75) is 0 Å². The average Bonchev–Trinajstić information content (AvgIpc) is 3.72. The van der Waals surface area contributed by atoms with Crippen LogP contribution in [0.15, 0.2) is 53.3 Å². The molecular weight excluding hydrogens is 1430 g/mol. The molecule has 16 nitrogen and oxygen atoms in total. The van der Waals surface area contributed by atoms with Gasteiger partial charge in [0.15, 0.2) is 10.3 Å². The van der Waals surface area contributed by atoms with Gasteiger partial charge in [-0.15, -0.1) is 0 Å². The number of H-pyrrole nitrogens is 1. The first kappa shape index (κ1) is 62.3. The van der Waals surface area contributed by atoms with E-state index in [4.69, 9.17) is 168 Å². The molecule has 0 aliphatic carbocycles. The molecule has 0 spiro atoms. The molecule has 0 atom stereocenters. The number of halogens is 16. The summed E-state index contributed by atoms with van der Waals surface area (Å²) in [6, 6.07) is 12.4. The van der Waals surface area contributed by atoms with Gasteiger partial charge in [-0.05, 0) is 87.1 Å². The van der Waals surface area contributed by atoms with Crippen LogP contribution in [0.5, 0.6) is 0 Å². The third-order valence-electron chi connectivity index (χ3n) is 8.06. The normalized spacial score (nSPS) is 10.2. The van der Waals surface area contributed by atoms with Gasteiger partial charge >= 0.3 is 11.7 Å². The molecule has 0 aromatic carbocycles. The number of aromatic nitrogens is 10. The summed E-state index contributed by atoms with van der Waals surface area (Å²) in [6.45, 7) is 0. The zero-order valence-electron chi connectivity index (χ0n) is 35.5. The molecule has 70 heavy (non-hydrogen) atoms. The number of nitrogens with one attached hydrogen (secondary N) is 3. The molecule has 5 N–H and O–H groups in total. The van der Waals surface area contributed by atoms with E-state index in [-0.39, 0.29) is 31.5 Å². The van der Waals surface area contributed by atoms with Gasteiger partial charge in [0.2, 0.25) is 5.28 Å². The number of pyridine rings is 6. The fourth-order valence-corrected chi connectivity index (χ4v) is 9.14. The van der Waals surface area contributed by atoms with Crippen LogP contribution in [0.2, 0.25) is 72.1 Å². The maximum Gasteiger partial charge on any atom is 0.326 e. The molecule has 0 aliphatic heterocycles. The maximum absolute atomic E-state index is 11.2. The number of hydrogen-bond acceptors (Lipinski definition) is 11. The van der Waals surface area contributed by atoms with Gasteiger partial charge in [-0.2, -0.15) is 0 Å². The van der Waals surface area contributed by atoms with Gasteiger partial charge in [0.05, 0.1) is 29.5 Å². The lowest BCUT2D eigenvalue weighted by Gasteiger charge is -2.16. The number of rotatable bonds is 3. The van der Waals surface area contributed by atoms with Crippen molar-refractivity contribution >= 4 is 253 Å². The van der Waals surface area contributed by atoms with E-state index in [2.05, 4.69) is 73.1 Å². The minimum Gasteiger partial charge on any atom is -0.388 e.